The van der Waals surface area contributed by atoms with Gasteiger partial charge < -0.3 is 15.4 Å². The molecule has 0 saturated carbocycles. The van der Waals surface area contributed by atoms with E-state index in [9.17, 15) is 23.7 Å². The van der Waals surface area contributed by atoms with Gasteiger partial charge in [0, 0.05) is 38.2 Å². The second kappa shape index (κ2) is 7.52. The van der Waals surface area contributed by atoms with Crippen molar-refractivity contribution >= 4 is 17.3 Å². The molecule has 10 heteroatoms. The smallest absolute Gasteiger partial charge is 0.275 e. The van der Waals surface area contributed by atoms with Gasteiger partial charge in [0.1, 0.15) is 23.2 Å². The Morgan fingerprint density at radius 1 is 1.26 bits per heavy atom. The largest absolute Gasteiger partial charge is 0.490 e. The first-order valence-electron chi connectivity index (χ1n) is 8.16. The monoisotopic (exact) mass is 378 g/mol. The molecule has 0 spiro atoms. The van der Waals surface area contributed by atoms with Crippen molar-refractivity contribution < 1.29 is 23.2 Å². The van der Waals surface area contributed by atoms with Crippen LogP contribution in [-0.2, 0) is 0 Å². The van der Waals surface area contributed by atoms with Crippen LogP contribution in [0.4, 0.5) is 20.2 Å². The first kappa shape index (κ1) is 18.5. The number of anilines is 1. The number of pyridine rings is 1. The zero-order valence-corrected chi connectivity index (χ0v) is 14.1. The molecule has 8 nitrogen and oxygen atoms in total. The standard InChI is InChI=1S/C17H16F2N4O4/c18-13-7-10(23(25)26)8-14(19)16(13)22-5-2-11(3-6-22)27-12-1-4-21-15(9-12)17(20)24/h1,4,7-9,11H,2-3,5-6H2,(H2,20,24). The number of piperidine rings is 1. The molecule has 27 heavy (non-hydrogen) atoms. The van der Waals surface area contributed by atoms with Crippen molar-refractivity contribution in [2.45, 2.75) is 18.9 Å². The molecule has 1 amide bonds. The SMILES string of the molecule is NC(=O)c1cc(OC2CCN(c3c(F)cc([N+](=O)[O-])cc3F)CC2)ccn1. The number of benzene rings is 1. The second-order valence-electron chi connectivity index (χ2n) is 6.06. The van der Waals surface area contributed by atoms with Crippen LogP contribution in [0.5, 0.6) is 5.75 Å². The van der Waals surface area contributed by atoms with E-state index in [1.165, 1.54) is 17.2 Å². The highest BCUT2D eigenvalue weighted by atomic mass is 19.1. The van der Waals surface area contributed by atoms with E-state index in [0.29, 0.717) is 43.8 Å². The van der Waals surface area contributed by atoms with Crippen molar-refractivity contribution in [2.24, 2.45) is 5.73 Å². The number of nitrogens with zero attached hydrogens (tertiary/aromatic N) is 3. The lowest BCUT2D eigenvalue weighted by Crippen LogP contribution is -2.39. The van der Waals surface area contributed by atoms with E-state index in [2.05, 4.69) is 4.98 Å². The van der Waals surface area contributed by atoms with E-state index in [4.69, 9.17) is 10.5 Å². The lowest BCUT2D eigenvalue weighted by atomic mass is 10.1. The minimum absolute atomic E-state index is 0.0833. The third-order valence-corrected chi connectivity index (χ3v) is 4.26. The van der Waals surface area contributed by atoms with Gasteiger partial charge in [0.15, 0.2) is 11.6 Å². The Kier molecular flexibility index (Phi) is 5.15. The van der Waals surface area contributed by atoms with Gasteiger partial charge in [0.2, 0.25) is 0 Å². The average molecular weight is 378 g/mol. The van der Waals surface area contributed by atoms with Crippen molar-refractivity contribution in [2.75, 3.05) is 18.0 Å². The molecular weight excluding hydrogens is 362 g/mol. The first-order valence-corrected chi connectivity index (χ1v) is 8.16. The number of ether oxygens (including phenoxy) is 1. The van der Waals surface area contributed by atoms with E-state index in [1.54, 1.807) is 6.07 Å². The average Bonchev–Trinajstić information content (AvgIpc) is 2.62. The summed E-state index contributed by atoms with van der Waals surface area (Å²) < 4.78 is 34.1. The van der Waals surface area contributed by atoms with Crippen LogP contribution in [0.2, 0.25) is 0 Å². The van der Waals surface area contributed by atoms with Crippen LogP contribution in [0.3, 0.4) is 0 Å². The van der Waals surface area contributed by atoms with Gasteiger partial charge in [0.25, 0.3) is 11.6 Å². The maximum atomic E-state index is 14.2. The number of nitrogens with two attached hydrogens (primary N) is 1. The molecule has 1 saturated heterocycles. The van der Waals surface area contributed by atoms with E-state index in [-0.39, 0.29) is 17.5 Å². The number of non-ortho nitro benzene ring substituents is 1. The van der Waals surface area contributed by atoms with Crippen molar-refractivity contribution in [3.8, 4) is 5.75 Å². The number of halogens is 2. The van der Waals surface area contributed by atoms with E-state index in [1.807, 2.05) is 0 Å². The van der Waals surface area contributed by atoms with E-state index >= 15 is 0 Å². The fourth-order valence-electron chi connectivity index (χ4n) is 2.97. The minimum atomic E-state index is -0.971. The summed E-state index contributed by atoms with van der Waals surface area (Å²) in [4.78, 5) is 26.3. The molecule has 0 aliphatic carbocycles. The summed E-state index contributed by atoms with van der Waals surface area (Å²) in [7, 11) is 0. The van der Waals surface area contributed by atoms with Crippen LogP contribution in [0.25, 0.3) is 0 Å². The molecule has 0 atom stereocenters. The van der Waals surface area contributed by atoms with Crippen LogP contribution < -0.4 is 15.4 Å². The molecular formula is C17H16F2N4O4. The van der Waals surface area contributed by atoms with Gasteiger partial charge in [-0.15, -0.1) is 0 Å². The summed E-state index contributed by atoms with van der Waals surface area (Å²) in [5, 5.41) is 10.7. The zero-order valence-electron chi connectivity index (χ0n) is 14.1. The summed E-state index contributed by atoms with van der Waals surface area (Å²) in [6.07, 6.45) is 2.15. The van der Waals surface area contributed by atoms with E-state index < -0.39 is 28.2 Å². The van der Waals surface area contributed by atoms with Crippen LogP contribution in [0.15, 0.2) is 30.5 Å². The quantitative estimate of drug-likeness (QED) is 0.632. The topological polar surface area (TPSA) is 112 Å². The summed E-state index contributed by atoms with van der Waals surface area (Å²) in [5.41, 5.74) is 4.35. The molecule has 3 rings (SSSR count). The first-order chi connectivity index (χ1) is 12.8. The van der Waals surface area contributed by atoms with Crippen molar-refractivity contribution in [1.29, 1.82) is 0 Å². The molecule has 0 bridgehead atoms. The lowest BCUT2D eigenvalue weighted by molar-refractivity contribution is -0.385. The van der Waals surface area contributed by atoms with Gasteiger partial charge in [0.05, 0.1) is 17.1 Å². The van der Waals surface area contributed by atoms with Crippen molar-refractivity contribution in [3.05, 3.63) is 57.9 Å². The molecule has 1 aliphatic rings. The lowest BCUT2D eigenvalue weighted by Gasteiger charge is -2.34. The number of hydrogen-bond donors (Lipinski definition) is 1. The minimum Gasteiger partial charge on any atom is -0.490 e. The third kappa shape index (κ3) is 4.10. The molecule has 2 N–H and O–H groups in total. The van der Waals surface area contributed by atoms with Gasteiger partial charge in [-0.3, -0.25) is 19.9 Å². The number of amides is 1. The summed E-state index contributed by atoms with van der Waals surface area (Å²) in [5.74, 6) is -2.17. The molecule has 1 aromatic carbocycles. The fraction of sp³-hybridized carbons (Fsp3) is 0.294. The Morgan fingerprint density at radius 2 is 1.89 bits per heavy atom. The van der Waals surface area contributed by atoms with Crippen molar-refractivity contribution in [3.63, 3.8) is 0 Å². The number of nitro benzene ring substituents is 1. The molecule has 2 heterocycles. The molecule has 1 fully saturated rings. The molecule has 0 radical (unpaired) electrons. The van der Waals surface area contributed by atoms with Crippen LogP contribution in [0, 0.1) is 21.7 Å². The summed E-state index contributed by atoms with van der Waals surface area (Å²) >= 11 is 0. The predicted molar refractivity (Wildman–Crippen MR) is 91.6 cm³/mol. The van der Waals surface area contributed by atoms with Gasteiger partial charge in [-0.25, -0.2) is 8.78 Å². The highest BCUT2D eigenvalue weighted by Gasteiger charge is 2.27. The van der Waals surface area contributed by atoms with Gasteiger partial charge >= 0.3 is 0 Å². The number of nitro groups is 1. The molecule has 0 unspecified atom stereocenters. The number of rotatable bonds is 5. The Bertz CT molecular complexity index is 862. The van der Waals surface area contributed by atoms with Crippen LogP contribution in [-0.4, -0.2) is 35.0 Å². The fourth-order valence-corrected chi connectivity index (χ4v) is 2.97. The predicted octanol–water partition coefficient (Wildman–Crippen LogP) is 2.41. The molecule has 1 aliphatic heterocycles. The summed E-state index contributed by atoms with van der Waals surface area (Å²) in [6.45, 7) is 0.619. The van der Waals surface area contributed by atoms with E-state index in [0.717, 1.165) is 0 Å². The molecule has 142 valence electrons. The van der Waals surface area contributed by atoms with Crippen LogP contribution in [0.1, 0.15) is 23.3 Å². The van der Waals surface area contributed by atoms with Crippen LogP contribution >= 0.6 is 0 Å². The van der Waals surface area contributed by atoms with Gasteiger partial charge in [-0.05, 0) is 6.07 Å². The van der Waals surface area contributed by atoms with Gasteiger partial charge in [-0.2, -0.15) is 0 Å². The Balaban J connectivity index is 1.66. The normalized spacial score (nSPS) is 14.8. The Labute approximate surface area is 152 Å². The molecule has 1 aromatic heterocycles. The molecule has 2 aromatic rings. The highest BCUT2D eigenvalue weighted by Crippen LogP contribution is 2.31. The van der Waals surface area contributed by atoms with Crippen molar-refractivity contribution in [1.82, 2.24) is 4.98 Å². The Hall–Kier alpha value is -3.30. The number of aromatic nitrogens is 1. The maximum absolute atomic E-state index is 14.2. The number of hydrogen-bond acceptors (Lipinski definition) is 6. The zero-order chi connectivity index (χ0) is 19.6. The third-order valence-electron chi connectivity index (χ3n) is 4.26. The van der Waals surface area contributed by atoms with Gasteiger partial charge in [-0.1, -0.05) is 0 Å². The Morgan fingerprint density at radius 3 is 2.44 bits per heavy atom. The second-order valence-corrected chi connectivity index (χ2v) is 6.06. The highest BCUT2D eigenvalue weighted by molar-refractivity contribution is 5.91. The number of primary amides is 1. The summed E-state index contributed by atoms with van der Waals surface area (Å²) in [6, 6.07) is 4.45. The number of carbonyl (C=O) groups is 1. The maximum Gasteiger partial charge on any atom is 0.275 e. The number of carbonyl (C=O) groups excluding carboxylic acids is 1.